The highest BCUT2D eigenvalue weighted by molar-refractivity contribution is 5.76. The van der Waals surface area contributed by atoms with Crippen LogP contribution in [0.1, 0.15) is 49.1 Å². The highest BCUT2D eigenvalue weighted by Gasteiger charge is 2.25. The van der Waals surface area contributed by atoms with E-state index in [1.165, 1.54) is 0 Å². The first kappa shape index (κ1) is 15.4. The maximum absolute atomic E-state index is 12.9. The first-order chi connectivity index (χ1) is 11.7. The molecule has 1 unspecified atom stereocenters. The Balaban J connectivity index is 1.72. The lowest BCUT2D eigenvalue weighted by Crippen LogP contribution is -2.40. The van der Waals surface area contributed by atoms with Gasteiger partial charge in [-0.05, 0) is 19.4 Å². The van der Waals surface area contributed by atoms with Gasteiger partial charge in [0.15, 0.2) is 5.65 Å². The fraction of sp³-hybridized carbons (Fsp3) is 0.588. The third-order valence-electron chi connectivity index (χ3n) is 5.17. The normalized spacial score (nSPS) is 21.0. The third-order valence-corrected chi connectivity index (χ3v) is 5.17. The maximum Gasteiger partial charge on any atom is 0.277 e. The molecule has 0 aromatic carbocycles. The molecule has 4 rings (SSSR count). The molecule has 1 atom stereocenters. The van der Waals surface area contributed by atoms with Crippen molar-refractivity contribution in [2.45, 2.75) is 45.1 Å². The molecule has 2 N–H and O–H groups in total. The van der Waals surface area contributed by atoms with Crippen LogP contribution in [0.3, 0.4) is 0 Å². The van der Waals surface area contributed by atoms with Gasteiger partial charge in [0.1, 0.15) is 0 Å². The number of amides is 1. The molecule has 0 bridgehead atoms. The van der Waals surface area contributed by atoms with E-state index < -0.39 is 0 Å². The fourth-order valence-electron chi connectivity index (χ4n) is 3.76. The lowest BCUT2D eigenvalue weighted by atomic mass is 9.96. The molecule has 2 aromatic rings. The molecule has 2 aliphatic heterocycles. The van der Waals surface area contributed by atoms with E-state index in [1.807, 2.05) is 13.0 Å². The summed E-state index contributed by atoms with van der Waals surface area (Å²) in [5.41, 5.74) is 3.17. The van der Waals surface area contributed by atoms with Crippen molar-refractivity contribution < 1.29 is 4.79 Å². The molecule has 2 aromatic heterocycles. The van der Waals surface area contributed by atoms with Gasteiger partial charge in [-0.3, -0.25) is 14.7 Å². The summed E-state index contributed by atoms with van der Waals surface area (Å²) in [5, 5.41) is 6.64. The zero-order valence-corrected chi connectivity index (χ0v) is 14.0. The minimum Gasteiger partial charge on any atom is -0.338 e. The Bertz CT molecular complexity index is 831. The standard InChI is InChI=1S/C17H23N5O2/c1-2-16(23)21-7-5-13-12(10-21)17(24)22-15(19-13)8-14(20-22)11-4-3-6-18-9-11/h8,11,18,20H,2-7,9-10H2,1H3. The molecule has 1 fully saturated rings. The van der Waals surface area contributed by atoms with Gasteiger partial charge in [-0.1, -0.05) is 6.92 Å². The summed E-state index contributed by atoms with van der Waals surface area (Å²) in [4.78, 5) is 31.2. The van der Waals surface area contributed by atoms with Crippen molar-refractivity contribution in [3.05, 3.63) is 33.4 Å². The van der Waals surface area contributed by atoms with Gasteiger partial charge < -0.3 is 10.2 Å². The van der Waals surface area contributed by atoms with Gasteiger partial charge in [0.2, 0.25) is 5.91 Å². The minimum absolute atomic E-state index is 0.0707. The summed E-state index contributed by atoms with van der Waals surface area (Å²) in [6.45, 7) is 4.86. The number of aromatic nitrogens is 3. The number of nitrogens with zero attached hydrogens (tertiary/aromatic N) is 3. The molecule has 0 aliphatic carbocycles. The number of hydrogen-bond acceptors (Lipinski definition) is 4. The van der Waals surface area contributed by atoms with Crippen LogP contribution in [0.25, 0.3) is 5.65 Å². The van der Waals surface area contributed by atoms with Gasteiger partial charge >= 0.3 is 0 Å². The summed E-state index contributed by atoms with van der Waals surface area (Å²) in [7, 11) is 0. The van der Waals surface area contributed by atoms with Crippen LogP contribution in [-0.2, 0) is 17.8 Å². The SMILES string of the molecule is CCC(=O)N1CCc2nc3cc(C4CCCNC4)[nH]n3c(=O)c2C1. The summed E-state index contributed by atoms with van der Waals surface area (Å²) < 4.78 is 1.54. The van der Waals surface area contributed by atoms with Gasteiger partial charge in [0.25, 0.3) is 5.56 Å². The molecule has 0 radical (unpaired) electrons. The number of H-pyrrole nitrogens is 1. The van der Waals surface area contributed by atoms with Crippen molar-refractivity contribution in [2.75, 3.05) is 19.6 Å². The first-order valence-electron chi connectivity index (χ1n) is 8.79. The molecule has 1 amide bonds. The summed E-state index contributed by atoms with van der Waals surface area (Å²) >= 11 is 0. The van der Waals surface area contributed by atoms with E-state index in [0.717, 1.165) is 37.3 Å². The van der Waals surface area contributed by atoms with E-state index in [1.54, 1.807) is 9.42 Å². The largest absolute Gasteiger partial charge is 0.338 e. The number of piperidine rings is 1. The van der Waals surface area contributed by atoms with Crippen molar-refractivity contribution in [3.8, 4) is 0 Å². The summed E-state index contributed by atoms with van der Waals surface area (Å²) in [5.74, 6) is 0.487. The Labute approximate surface area is 140 Å². The van der Waals surface area contributed by atoms with Crippen LogP contribution in [0.15, 0.2) is 10.9 Å². The molecule has 24 heavy (non-hydrogen) atoms. The van der Waals surface area contributed by atoms with Gasteiger partial charge in [-0.15, -0.1) is 0 Å². The summed E-state index contributed by atoms with van der Waals surface area (Å²) in [6.07, 6.45) is 3.38. The maximum atomic E-state index is 12.9. The Morgan fingerprint density at radius 3 is 3.08 bits per heavy atom. The van der Waals surface area contributed by atoms with Gasteiger partial charge in [0.05, 0.1) is 17.8 Å². The molecule has 2 aliphatic rings. The third kappa shape index (κ3) is 2.53. The predicted octanol–water partition coefficient (Wildman–Crippen LogP) is 0.784. The lowest BCUT2D eigenvalue weighted by molar-refractivity contribution is -0.131. The molecule has 7 heteroatoms. The molecular formula is C17H23N5O2. The van der Waals surface area contributed by atoms with E-state index in [-0.39, 0.29) is 11.5 Å². The van der Waals surface area contributed by atoms with Crippen LogP contribution in [0.2, 0.25) is 0 Å². The molecular weight excluding hydrogens is 306 g/mol. The number of carbonyl (C=O) groups excluding carboxylic acids is 1. The second kappa shape index (κ2) is 6.05. The molecule has 7 nitrogen and oxygen atoms in total. The number of fused-ring (bicyclic) bond motifs is 2. The number of aromatic amines is 1. The summed E-state index contributed by atoms with van der Waals surface area (Å²) in [6, 6.07) is 2.00. The monoisotopic (exact) mass is 329 g/mol. The first-order valence-corrected chi connectivity index (χ1v) is 8.79. The zero-order valence-electron chi connectivity index (χ0n) is 14.0. The van der Waals surface area contributed by atoms with Crippen LogP contribution >= 0.6 is 0 Å². The predicted molar refractivity (Wildman–Crippen MR) is 90.1 cm³/mol. The Kier molecular flexibility index (Phi) is 3.88. The Hall–Kier alpha value is -2.15. The highest BCUT2D eigenvalue weighted by atomic mass is 16.2. The van der Waals surface area contributed by atoms with Crippen LogP contribution in [0.5, 0.6) is 0 Å². The van der Waals surface area contributed by atoms with Gasteiger partial charge in [-0.2, -0.15) is 0 Å². The Morgan fingerprint density at radius 2 is 2.33 bits per heavy atom. The van der Waals surface area contributed by atoms with Crippen LogP contribution in [0.4, 0.5) is 0 Å². The van der Waals surface area contributed by atoms with Crippen molar-refractivity contribution >= 4 is 11.6 Å². The van der Waals surface area contributed by atoms with Crippen LogP contribution < -0.4 is 10.9 Å². The zero-order chi connectivity index (χ0) is 16.7. The molecule has 0 spiro atoms. The average Bonchev–Trinajstić information content (AvgIpc) is 3.06. The minimum atomic E-state index is -0.0707. The van der Waals surface area contributed by atoms with Crippen molar-refractivity contribution in [1.82, 2.24) is 24.8 Å². The fourth-order valence-corrected chi connectivity index (χ4v) is 3.76. The topological polar surface area (TPSA) is 82.5 Å². The number of carbonyl (C=O) groups is 1. The Morgan fingerprint density at radius 1 is 1.46 bits per heavy atom. The van der Waals surface area contributed by atoms with Gasteiger partial charge in [0, 0.05) is 43.6 Å². The second-order valence-electron chi connectivity index (χ2n) is 6.71. The van der Waals surface area contributed by atoms with E-state index in [0.29, 0.717) is 43.1 Å². The highest BCUT2D eigenvalue weighted by Crippen LogP contribution is 2.23. The molecule has 1 saturated heterocycles. The average molecular weight is 329 g/mol. The van der Waals surface area contributed by atoms with E-state index in [2.05, 4.69) is 15.4 Å². The van der Waals surface area contributed by atoms with Crippen molar-refractivity contribution in [3.63, 3.8) is 0 Å². The number of hydrogen-bond donors (Lipinski definition) is 2. The molecule has 4 heterocycles. The molecule has 128 valence electrons. The lowest BCUT2D eigenvalue weighted by Gasteiger charge is -2.27. The second-order valence-corrected chi connectivity index (χ2v) is 6.71. The van der Waals surface area contributed by atoms with Crippen molar-refractivity contribution in [2.24, 2.45) is 0 Å². The van der Waals surface area contributed by atoms with E-state index >= 15 is 0 Å². The van der Waals surface area contributed by atoms with Gasteiger partial charge in [-0.25, -0.2) is 9.50 Å². The number of rotatable bonds is 2. The molecule has 0 saturated carbocycles. The van der Waals surface area contributed by atoms with E-state index in [4.69, 9.17) is 0 Å². The van der Waals surface area contributed by atoms with E-state index in [9.17, 15) is 9.59 Å². The smallest absolute Gasteiger partial charge is 0.277 e. The van der Waals surface area contributed by atoms with Crippen LogP contribution in [0, 0.1) is 0 Å². The van der Waals surface area contributed by atoms with Crippen LogP contribution in [-0.4, -0.2) is 45.0 Å². The van der Waals surface area contributed by atoms with Crippen molar-refractivity contribution in [1.29, 1.82) is 0 Å². The quantitative estimate of drug-likeness (QED) is 0.853. The number of nitrogens with one attached hydrogen (secondary N) is 2.